The van der Waals surface area contributed by atoms with Gasteiger partial charge in [0.25, 0.3) is 0 Å². The van der Waals surface area contributed by atoms with Crippen molar-refractivity contribution in [2.45, 2.75) is 39.3 Å². The molecule has 0 aromatic heterocycles. The van der Waals surface area contributed by atoms with Crippen LogP contribution in [0.15, 0.2) is 18.2 Å². The third-order valence-corrected chi connectivity index (χ3v) is 3.89. The quantitative estimate of drug-likeness (QED) is 0.890. The van der Waals surface area contributed by atoms with Crippen LogP contribution in [0.3, 0.4) is 0 Å². The van der Waals surface area contributed by atoms with Gasteiger partial charge in [-0.3, -0.25) is 0 Å². The molecule has 0 spiro atoms. The highest BCUT2D eigenvalue weighted by atomic mass is 16.5. The second-order valence-corrected chi connectivity index (χ2v) is 5.35. The zero-order valence-electron chi connectivity index (χ0n) is 11.6. The fourth-order valence-electron chi connectivity index (χ4n) is 2.90. The molecular formula is C15H24N2O. The molecule has 0 radical (unpaired) electrons. The molecule has 1 aliphatic heterocycles. The van der Waals surface area contributed by atoms with Crippen LogP contribution >= 0.6 is 0 Å². The first-order valence-corrected chi connectivity index (χ1v) is 6.81. The second kappa shape index (κ2) is 5.61. The van der Waals surface area contributed by atoms with Crippen molar-refractivity contribution in [2.75, 3.05) is 18.6 Å². The van der Waals surface area contributed by atoms with Crippen LogP contribution in [0.2, 0.25) is 0 Å². The molecule has 0 aliphatic carbocycles. The highest BCUT2D eigenvalue weighted by Gasteiger charge is 2.28. The summed E-state index contributed by atoms with van der Waals surface area (Å²) in [6.45, 7) is 6.31. The third kappa shape index (κ3) is 2.46. The number of anilines is 1. The molecule has 1 heterocycles. The van der Waals surface area contributed by atoms with E-state index >= 15 is 0 Å². The fraction of sp³-hybridized carbons (Fsp3) is 0.600. The molecule has 3 heteroatoms. The summed E-state index contributed by atoms with van der Waals surface area (Å²) in [5.74, 6) is 1.58. The normalized spacial score (nSPS) is 19.6. The number of rotatable bonds is 4. The lowest BCUT2D eigenvalue weighted by Crippen LogP contribution is -2.34. The summed E-state index contributed by atoms with van der Waals surface area (Å²) < 4.78 is 5.34. The van der Waals surface area contributed by atoms with Gasteiger partial charge >= 0.3 is 0 Å². The molecular weight excluding hydrogens is 224 g/mol. The Balaban J connectivity index is 2.35. The van der Waals surface area contributed by atoms with Gasteiger partial charge in [0, 0.05) is 30.9 Å². The standard InChI is InChI=1S/C15H24N2O/c1-11(2)14-5-4-8-17(14)15-9-13(18-3)7-6-12(15)10-16/h6-7,9,11,14H,4-5,8,10,16H2,1-3H3. The highest BCUT2D eigenvalue weighted by molar-refractivity contribution is 5.58. The van der Waals surface area contributed by atoms with Crippen LogP contribution in [-0.2, 0) is 6.54 Å². The van der Waals surface area contributed by atoms with E-state index in [0.29, 0.717) is 18.5 Å². The van der Waals surface area contributed by atoms with E-state index in [0.717, 1.165) is 12.3 Å². The molecule has 18 heavy (non-hydrogen) atoms. The van der Waals surface area contributed by atoms with Crippen LogP contribution in [0.25, 0.3) is 0 Å². The summed E-state index contributed by atoms with van der Waals surface area (Å²) in [5.41, 5.74) is 8.33. The molecule has 0 amide bonds. The Morgan fingerprint density at radius 2 is 2.22 bits per heavy atom. The molecule has 1 saturated heterocycles. The summed E-state index contributed by atoms with van der Waals surface area (Å²) in [6.07, 6.45) is 2.54. The minimum atomic E-state index is 0.584. The Morgan fingerprint density at radius 3 is 2.83 bits per heavy atom. The number of ether oxygens (including phenoxy) is 1. The van der Waals surface area contributed by atoms with E-state index in [2.05, 4.69) is 30.9 Å². The van der Waals surface area contributed by atoms with E-state index < -0.39 is 0 Å². The van der Waals surface area contributed by atoms with Crippen molar-refractivity contribution in [3.63, 3.8) is 0 Å². The summed E-state index contributed by atoms with van der Waals surface area (Å²) in [6, 6.07) is 6.83. The summed E-state index contributed by atoms with van der Waals surface area (Å²) >= 11 is 0. The van der Waals surface area contributed by atoms with Crippen LogP contribution < -0.4 is 15.4 Å². The molecule has 1 fully saturated rings. The molecule has 0 saturated carbocycles. The molecule has 1 atom stereocenters. The highest BCUT2D eigenvalue weighted by Crippen LogP contribution is 2.34. The van der Waals surface area contributed by atoms with Crippen molar-refractivity contribution in [1.29, 1.82) is 0 Å². The molecule has 1 aromatic rings. The Bertz CT molecular complexity index is 403. The van der Waals surface area contributed by atoms with Crippen LogP contribution in [-0.4, -0.2) is 19.7 Å². The lowest BCUT2D eigenvalue weighted by Gasteiger charge is -2.31. The first kappa shape index (κ1) is 13.2. The van der Waals surface area contributed by atoms with E-state index in [9.17, 15) is 0 Å². The molecule has 100 valence electrons. The number of methoxy groups -OCH3 is 1. The fourth-order valence-corrected chi connectivity index (χ4v) is 2.90. The largest absolute Gasteiger partial charge is 0.497 e. The molecule has 3 nitrogen and oxygen atoms in total. The van der Waals surface area contributed by atoms with Gasteiger partial charge in [0.05, 0.1) is 7.11 Å². The maximum Gasteiger partial charge on any atom is 0.120 e. The van der Waals surface area contributed by atoms with Gasteiger partial charge in [0.15, 0.2) is 0 Å². The van der Waals surface area contributed by atoms with Crippen LogP contribution in [0.1, 0.15) is 32.3 Å². The van der Waals surface area contributed by atoms with Crippen LogP contribution in [0.5, 0.6) is 5.75 Å². The van der Waals surface area contributed by atoms with Gasteiger partial charge in [-0.05, 0) is 30.4 Å². The van der Waals surface area contributed by atoms with Gasteiger partial charge in [-0.15, -0.1) is 0 Å². The number of nitrogens with two attached hydrogens (primary N) is 1. The Morgan fingerprint density at radius 1 is 1.44 bits per heavy atom. The number of benzene rings is 1. The molecule has 0 bridgehead atoms. The number of hydrogen-bond acceptors (Lipinski definition) is 3. The molecule has 1 aromatic carbocycles. The van der Waals surface area contributed by atoms with Gasteiger partial charge in [-0.25, -0.2) is 0 Å². The van der Waals surface area contributed by atoms with Crippen molar-refractivity contribution in [3.8, 4) is 5.75 Å². The van der Waals surface area contributed by atoms with Crippen molar-refractivity contribution in [2.24, 2.45) is 11.7 Å². The maximum absolute atomic E-state index is 5.86. The Hall–Kier alpha value is -1.22. The van der Waals surface area contributed by atoms with Gasteiger partial charge in [-0.1, -0.05) is 19.9 Å². The Labute approximate surface area is 110 Å². The second-order valence-electron chi connectivity index (χ2n) is 5.35. The smallest absolute Gasteiger partial charge is 0.120 e. The summed E-state index contributed by atoms with van der Waals surface area (Å²) in [5, 5.41) is 0. The summed E-state index contributed by atoms with van der Waals surface area (Å²) in [7, 11) is 1.71. The van der Waals surface area contributed by atoms with E-state index in [1.54, 1.807) is 7.11 Å². The monoisotopic (exact) mass is 248 g/mol. The Kier molecular flexibility index (Phi) is 4.12. The number of hydrogen-bond donors (Lipinski definition) is 1. The SMILES string of the molecule is COc1ccc(CN)c(N2CCCC2C(C)C)c1. The van der Waals surface area contributed by atoms with Crippen molar-refractivity contribution in [1.82, 2.24) is 0 Å². The van der Waals surface area contributed by atoms with Gasteiger partial charge in [0.2, 0.25) is 0 Å². The lowest BCUT2D eigenvalue weighted by atomic mass is 10.0. The van der Waals surface area contributed by atoms with Crippen molar-refractivity contribution < 1.29 is 4.74 Å². The van der Waals surface area contributed by atoms with Crippen LogP contribution in [0, 0.1) is 5.92 Å². The van der Waals surface area contributed by atoms with E-state index in [1.807, 2.05) is 6.07 Å². The van der Waals surface area contributed by atoms with Gasteiger partial charge in [-0.2, -0.15) is 0 Å². The van der Waals surface area contributed by atoms with E-state index in [4.69, 9.17) is 10.5 Å². The molecule has 1 aliphatic rings. The molecule has 2 rings (SSSR count). The predicted molar refractivity (Wildman–Crippen MR) is 76.1 cm³/mol. The topological polar surface area (TPSA) is 38.5 Å². The van der Waals surface area contributed by atoms with Crippen LogP contribution in [0.4, 0.5) is 5.69 Å². The van der Waals surface area contributed by atoms with Gasteiger partial charge < -0.3 is 15.4 Å². The third-order valence-electron chi connectivity index (χ3n) is 3.89. The predicted octanol–water partition coefficient (Wildman–Crippen LogP) is 2.78. The minimum absolute atomic E-state index is 0.584. The first-order chi connectivity index (χ1) is 8.67. The van der Waals surface area contributed by atoms with Gasteiger partial charge in [0.1, 0.15) is 5.75 Å². The maximum atomic E-state index is 5.86. The van der Waals surface area contributed by atoms with E-state index in [-0.39, 0.29) is 0 Å². The average Bonchev–Trinajstić information content (AvgIpc) is 2.87. The van der Waals surface area contributed by atoms with Crippen molar-refractivity contribution >= 4 is 5.69 Å². The minimum Gasteiger partial charge on any atom is -0.497 e. The zero-order valence-corrected chi connectivity index (χ0v) is 11.6. The number of nitrogens with zero attached hydrogens (tertiary/aromatic N) is 1. The summed E-state index contributed by atoms with van der Waals surface area (Å²) in [4.78, 5) is 2.51. The first-order valence-electron chi connectivity index (χ1n) is 6.81. The zero-order chi connectivity index (χ0) is 13.1. The van der Waals surface area contributed by atoms with Crippen molar-refractivity contribution in [3.05, 3.63) is 23.8 Å². The average molecular weight is 248 g/mol. The molecule has 1 unspecified atom stereocenters. The van der Waals surface area contributed by atoms with E-state index in [1.165, 1.54) is 24.1 Å². The lowest BCUT2D eigenvalue weighted by molar-refractivity contribution is 0.414. The molecule has 2 N–H and O–H groups in total.